The highest BCUT2D eigenvalue weighted by molar-refractivity contribution is 5.76. The van der Waals surface area contributed by atoms with Gasteiger partial charge in [0.25, 0.3) is 5.56 Å². The number of ether oxygens (including phenoxy) is 1. The largest absolute Gasteiger partial charge is 0.487 e. The number of hydrogen-bond acceptors (Lipinski definition) is 4. The average molecular weight is 303 g/mol. The molecule has 0 saturated carbocycles. The SMILES string of the molecule is N#CCCn1cccc(OCCC(=O)N2CCCCC2)c1=O. The fourth-order valence-electron chi connectivity index (χ4n) is 2.52. The summed E-state index contributed by atoms with van der Waals surface area (Å²) in [6, 6.07) is 5.31. The van der Waals surface area contributed by atoms with Crippen LogP contribution in [-0.4, -0.2) is 35.1 Å². The number of carbonyl (C=O) groups is 1. The summed E-state index contributed by atoms with van der Waals surface area (Å²) in [5.74, 6) is 0.312. The molecule has 2 rings (SSSR count). The highest BCUT2D eigenvalue weighted by Crippen LogP contribution is 2.10. The molecular formula is C16H21N3O3. The first kappa shape index (κ1) is 16.1. The Hall–Kier alpha value is -2.29. The number of aromatic nitrogens is 1. The van der Waals surface area contributed by atoms with Crippen molar-refractivity contribution in [3.05, 3.63) is 28.7 Å². The van der Waals surface area contributed by atoms with Gasteiger partial charge in [0.1, 0.15) is 0 Å². The highest BCUT2D eigenvalue weighted by atomic mass is 16.5. The van der Waals surface area contributed by atoms with Crippen LogP contribution in [0.5, 0.6) is 5.75 Å². The average Bonchev–Trinajstić information content (AvgIpc) is 2.56. The first-order chi connectivity index (χ1) is 10.7. The second-order valence-electron chi connectivity index (χ2n) is 5.32. The number of amides is 1. The van der Waals surface area contributed by atoms with Gasteiger partial charge in [-0.2, -0.15) is 5.26 Å². The lowest BCUT2D eigenvalue weighted by Gasteiger charge is -2.26. The van der Waals surface area contributed by atoms with Crippen molar-refractivity contribution < 1.29 is 9.53 Å². The molecule has 0 N–H and O–H groups in total. The van der Waals surface area contributed by atoms with Crippen LogP contribution in [-0.2, 0) is 11.3 Å². The minimum atomic E-state index is -0.261. The van der Waals surface area contributed by atoms with Gasteiger partial charge in [-0.1, -0.05) is 0 Å². The van der Waals surface area contributed by atoms with E-state index in [-0.39, 0.29) is 36.7 Å². The van der Waals surface area contributed by atoms with Crippen LogP contribution in [0.15, 0.2) is 23.1 Å². The monoisotopic (exact) mass is 303 g/mol. The number of nitriles is 1. The molecule has 1 fully saturated rings. The molecule has 1 aromatic heterocycles. The standard InChI is InChI=1S/C16H21N3O3/c17-8-5-12-19-11-4-6-14(16(19)21)22-13-7-15(20)18-9-2-1-3-10-18/h4,6,11H,1-3,5,7,9-10,12-13H2. The minimum absolute atomic E-state index is 0.0837. The Labute approximate surface area is 129 Å². The van der Waals surface area contributed by atoms with Gasteiger partial charge >= 0.3 is 0 Å². The Bertz CT molecular complexity index is 597. The third-order valence-corrected chi connectivity index (χ3v) is 3.73. The van der Waals surface area contributed by atoms with Crippen molar-refractivity contribution in [2.75, 3.05) is 19.7 Å². The maximum Gasteiger partial charge on any atom is 0.292 e. The Morgan fingerprint density at radius 2 is 2.09 bits per heavy atom. The van der Waals surface area contributed by atoms with E-state index >= 15 is 0 Å². The van der Waals surface area contributed by atoms with Crippen molar-refractivity contribution in [1.82, 2.24) is 9.47 Å². The van der Waals surface area contributed by atoms with Crippen LogP contribution in [0.2, 0.25) is 0 Å². The zero-order valence-corrected chi connectivity index (χ0v) is 12.7. The summed E-state index contributed by atoms with van der Waals surface area (Å²) in [6.45, 7) is 2.20. The van der Waals surface area contributed by atoms with Crippen LogP contribution < -0.4 is 10.3 Å². The van der Waals surface area contributed by atoms with Gasteiger partial charge in [0.15, 0.2) is 5.75 Å². The molecule has 0 unspecified atom stereocenters. The summed E-state index contributed by atoms with van der Waals surface area (Å²) >= 11 is 0. The zero-order chi connectivity index (χ0) is 15.8. The third kappa shape index (κ3) is 4.35. The third-order valence-electron chi connectivity index (χ3n) is 3.73. The Balaban J connectivity index is 1.85. The summed E-state index contributed by atoms with van der Waals surface area (Å²) in [4.78, 5) is 26.0. The van der Waals surface area contributed by atoms with E-state index in [1.54, 1.807) is 18.3 Å². The summed E-state index contributed by atoms with van der Waals surface area (Å²) < 4.78 is 6.90. The van der Waals surface area contributed by atoms with Crippen LogP contribution in [0, 0.1) is 11.3 Å². The lowest BCUT2D eigenvalue weighted by atomic mass is 10.1. The fraction of sp³-hybridized carbons (Fsp3) is 0.562. The molecule has 0 bridgehead atoms. The normalized spacial score (nSPS) is 14.4. The Morgan fingerprint density at radius 3 is 2.82 bits per heavy atom. The molecule has 2 heterocycles. The van der Waals surface area contributed by atoms with Gasteiger partial charge in [-0.25, -0.2) is 0 Å². The number of hydrogen-bond donors (Lipinski definition) is 0. The van der Waals surface area contributed by atoms with Crippen molar-refractivity contribution in [3.8, 4) is 11.8 Å². The first-order valence-corrected chi connectivity index (χ1v) is 7.69. The first-order valence-electron chi connectivity index (χ1n) is 7.69. The topological polar surface area (TPSA) is 75.3 Å². The maximum atomic E-state index is 12.1. The summed E-state index contributed by atoms with van der Waals surface area (Å²) in [6.07, 6.45) is 5.51. The molecule has 0 aromatic carbocycles. The molecule has 1 aliphatic heterocycles. The lowest BCUT2D eigenvalue weighted by Crippen LogP contribution is -2.36. The van der Waals surface area contributed by atoms with Gasteiger partial charge in [0.05, 0.1) is 25.5 Å². The van der Waals surface area contributed by atoms with Crippen LogP contribution >= 0.6 is 0 Å². The van der Waals surface area contributed by atoms with E-state index in [0.717, 1.165) is 25.9 Å². The summed E-state index contributed by atoms with van der Waals surface area (Å²) in [5.41, 5.74) is -0.261. The second kappa shape index (κ2) is 8.23. The van der Waals surface area contributed by atoms with Crippen molar-refractivity contribution in [3.63, 3.8) is 0 Å². The quantitative estimate of drug-likeness (QED) is 0.799. The fourth-order valence-corrected chi connectivity index (χ4v) is 2.52. The summed E-state index contributed by atoms with van der Waals surface area (Å²) in [7, 11) is 0. The van der Waals surface area contributed by atoms with E-state index in [4.69, 9.17) is 10.00 Å². The molecular weight excluding hydrogens is 282 g/mol. The molecule has 6 heteroatoms. The molecule has 1 amide bonds. The van der Waals surface area contributed by atoms with Crippen molar-refractivity contribution in [1.29, 1.82) is 5.26 Å². The van der Waals surface area contributed by atoms with Gasteiger partial charge in [-0.15, -0.1) is 0 Å². The zero-order valence-electron chi connectivity index (χ0n) is 12.7. The summed E-state index contributed by atoms with van der Waals surface area (Å²) in [5, 5.41) is 8.58. The van der Waals surface area contributed by atoms with E-state index in [2.05, 4.69) is 0 Å². The number of likely N-dealkylation sites (tertiary alicyclic amines) is 1. The van der Waals surface area contributed by atoms with E-state index < -0.39 is 0 Å². The maximum absolute atomic E-state index is 12.1. The lowest BCUT2D eigenvalue weighted by molar-refractivity contribution is -0.132. The van der Waals surface area contributed by atoms with Gasteiger partial charge in [-0.05, 0) is 31.4 Å². The van der Waals surface area contributed by atoms with E-state index in [1.165, 1.54) is 11.0 Å². The van der Waals surface area contributed by atoms with Gasteiger partial charge in [0, 0.05) is 25.8 Å². The van der Waals surface area contributed by atoms with Gasteiger partial charge in [-0.3, -0.25) is 9.59 Å². The number of piperidine rings is 1. The van der Waals surface area contributed by atoms with Crippen molar-refractivity contribution >= 4 is 5.91 Å². The second-order valence-corrected chi connectivity index (χ2v) is 5.32. The van der Waals surface area contributed by atoms with Crippen LogP contribution in [0.25, 0.3) is 0 Å². The van der Waals surface area contributed by atoms with Crippen LogP contribution in [0.4, 0.5) is 0 Å². The minimum Gasteiger partial charge on any atom is -0.487 e. The smallest absolute Gasteiger partial charge is 0.292 e. The molecule has 0 spiro atoms. The van der Waals surface area contributed by atoms with Gasteiger partial charge in [0.2, 0.25) is 5.91 Å². The molecule has 1 saturated heterocycles. The molecule has 1 aromatic rings. The van der Waals surface area contributed by atoms with Crippen LogP contribution in [0.1, 0.15) is 32.1 Å². The molecule has 0 atom stereocenters. The predicted octanol–water partition coefficient (Wildman–Crippen LogP) is 1.54. The highest BCUT2D eigenvalue weighted by Gasteiger charge is 2.16. The molecule has 0 radical (unpaired) electrons. The predicted molar refractivity (Wildman–Crippen MR) is 81.5 cm³/mol. The van der Waals surface area contributed by atoms with E-state index in [0.29, 0.717) is 6.54 Å². The number of carbonyl (C=O) groups excluding carboxylic acids is 1. The van der Waals surface area contributed by atoms with E-state index in [9.17, 15) is 9.59 Å². The number of rotatable bonds is 6. The van der Waals surface area contributed by atoms with Gasteiger partial charge < -0.3 is 14.2 Å². The number of nitrogens with zero attached hydrogens (tertiary/aromatic N) is 3. The number of pyridine rings is 1. The van der Waals surface area contributed by atoms with E-state index in [1.807, 2.05) is 11.0 Å². The Kier molecular flexibility index (Phi) is 6.01. The number of aryl methyl sites for hydroxylation is 1. The van der Waals surface area contributed by atoms with Crippen LogP contribution in [0.3, 0.4) is 0 Å². The molecule has 6 nitrogen and oxygen atoms in total. The molecule has 22 heavy (non-hydrogen) atoms. The van der Waals surface area contributed by atoms with Crippen molar-refractivity contribution in [2.45, 2.75) is 38.6 Å². The van der Waals surface area contributed by atoms with Crippen molar-refractivity contribution in [2.24, 2.45) is 0 Å². The Morgan fingerprint density at radius 1 is 1.32 bits per heavy atom. The molecule has 118 valence electrons. The molecule has 1 aliphatic rings. The molecule has 0 aliphatic carbocycles.